The fraction of sp³-hybridized carbons (Fsp3) is 0.250. The van der Waals surface area contributed by atoms with Crippen LogP contribution in [-0.4, -0.2) is 33.4 Å². The summed E-state index contributed by atoms with van der Waals surface area (Å²) in [6.45, 7) is 5.26. The summed E-state index contributed by atoms with van der Waals surface area (Å²) < 4.78 is 5.25. The van der Waals surface area contributed by atoms with Crippen LogP contribution in [0.15, 0.2) is 35.4 Å². The van der Waals surface area contributed by atoms with Gasteiger partial charge in [0.05, 0.1) is 6.21 Å². The fourth-order valence-electron chi connectivity index (χ4n) is 1.83. The van der Waals surface area contributed by atoms with Crippen LogP contribution in [0.4, 0.5) is 5.95 Å². The number of nitrogens with one attached hydrogen (secondary N) is 1. The van der Waals surface area contributed by atoms with E-state index in [0.29, 0.717) is 11.7 Å². The molecule has 1 unspecified atom stereocenters. The lowest BCUT2D eigenvalue weighted by molar-refractivity contribution is -0.144. The second-order valence-corrected chi connectivity index (χ2v) is 5.01. The first-order valence-corrected chi connectivity index (χ1v) is 7.05. The van der Waals surface area contributed by atoms with Crippen molar-refractivity contribution < 1.29 is 14.6 Å². The Kier molecular flexibility index (Phi) is 5.24. The van der Waals surface area contributed by atoms with E-state index in [1.807, 2.05) is 19.9 Å². The van der Waals surface area contributed by atoms with Gasteiger partial charge in [-0.3, -0.25) is 0 Å². The van der Waals surface area contributed by atoms with Gasteiger partial charge in [-0.25, -0.2) is 20.2 Å². The number of carboxylic acids is 1. The summed E-state index contributed by atoms with van der Waals surface area (Å²) in [5.74, 6) is -0.0788. The third kappa shape index (κ3) is 5.06. The second kappa shape index (κ2) is 7.35. The Hall–Kier alpha value is -2.96. The van der Waals surface area contributed by atoms with Crippen LogP contribution < -0.4 is 10.2 Å². The molecule has 0 fully saturated rings. The number of rotatable bonds is 6. The Morgan fingerprint density at radius 2 is 1.87 bits per heavy atom. The fourth-order valence-corrected chi connectivity index (χ4v) is 1.83. The first-order chi connectivity index (χ1) is 10.9. The van der Waals surface area contributed by atoms with Crippen LogP contribution in [-0.2, 0) is 4.79 Å². The van der Waals surface area contributed by atoms with Gasteiger partial charge >= 0.3 is 5.97 Å². The monoisotopic (exact) mass is 314 g/mol. The summed E-state index contributed by atoms with van der Waals surface area (Å²) in [5.41, 5.74) is 5.34. The quantitative estimate of drug-likeness (QED) is 0.628. The zero-order valence-corrected chi connectivity index (χ0v) is 13.1. The molecule has 120 valence electrons. The molecule has 0 amide bonds. The van der Waals surface area contributed by atoms with Crippen LogP contribution >= 0.6 is 0 Å². The van der Waals surface area contributed by atoms with Crippen LogP contribution in [0.25, 0.3) is 0 Å². The molecule has 1 heterocycles. The van der Waals surface area contributed by atoms with Gasteiger partial charge in [0.2, 0.25) is 5.95 Å². The summed E-state index contributed by atoms with van der Waals surface area (Å²) in [4.78, 5) is 19.2. The van der Waals surface area contributed by atoms with Crippen LogP contribution in [0.3, 0.4) is 0 Å². The SMILES string of the molecule is Cc1cc(C)nc(NN=Cc2ccc(OC(C)C(=O)O)cc2)n1. The minimum Gasteiger partial charge on any atom is -0.479 e. The van der Waals surface area contributed by atoms with Crippen molar-refractivity contribution in [3.05, 3.63) is 47.3 Å². The van der Waals surface area contributed by atoms with E-state index in [0.717, 1.165) is 17.0 Å². The molecule has 2 aromatic rings. The summed E-state index contributed by atoms with van der Waals surface area (Å²) in [6, 6.07) is 8.81. The summed E-state index contributed by atoms with van der Waals surface area (Å²) in [5, 5.41) is 12.9. The number of aromatic nitrogens is 2. The number of anilines is 1. The number of nitrogens with zero attached hydrogens (tertiary/aromatic N) is 3. The topological polar surface area (TPSA) is 96.7 Å². The molecule has 0 bridgehead atoms. The Balaban J connectivity index is 1.96. The average Bonchev–Trinajstić information content (AvgIpc) is 2.48. The van der Waals surface area contributed by atoms with Crippen molar-refractivity contribution >= 4 is 18.1 Å². The van der Waals surface area contributed by atoms with Gasteiger partial charge in [0.15, 0.2) is 6.10 Å². The van der Waals surface area contributed by atoms with Crippen molar-refractivity contribution in [2.45, 2.75) is 26.9 Å². The van der Waals surface area contributed by atoms with Crippen LogP contribution in [0.1, 0.15) is 23.9 Å². The smallest absolute Gasteiger partial charge is 0.344 e. The van der Waals surface area contributed by atoms with E-state index >= 15 is 0 Å². The molecule has 0 radical (unpaired) electrons. The molecule has 2 rings (SSSR count). The van der Waals surface area contributed by atoms with Gasteiger partial charge in [-0.1, -0.05) is 0 Å². The average molecular weight is 314 g/mol. The highest BCUT2D eigenvalue weighted by atomic mass is 16.5. The molecule has 2 N–H and O–H groups in total. The maximum atomic E-state index is 10.7. The Labute approximate surface area is 134 Å². The largest absolute Gasteiger partial charge is 0.479 e. The molecule has 0 saturated heterocycles. The Morgan fingerprint density at radius 1 is 1.26 bits per heavy atom. The molecule has 1 atom stereocenters. The van der Waals surface area contributed by atoms with Gasteiger partial charge in [0.1, 0.15) is 5.75 Å². The highest BCUT2D eigenvalue weighted by Crippen LogP contribution is 2.13. The number of aliphatic carboxylic acids is 1. The Bertz CT molecular complexity index is 694. The predicted molar refractivity (Wildman–Crippen MR) is 86.9 cm³/mol. The van der Waals surface area contributed by atoms with Crippen molar-refractivity contribution in [1.29, 1.82) is 0 Å². The van der Waals surface area contributed by atoms with Gasteiger partial charge in [-0.15, -0.1) is 0 Å². The maximum absolute atomic E-state index is 10.7. The van der Waals surface area contributed by atoms with Crippen LogP contribution in [0.2, 0.25) is 0 Å². The first-order valence-electron chi connectivity index (χ1n) is 7.05. The summed E-state index contributed by atoms with van der Waals surface area (Å²) >= 11 is 0. The van der Waals surface area contributed by atoms with E-state index in [-0.39, 0.29) is 0 Å². The van der Waals surface area contributed by atoms with E-state index in [9.17, 15) is 4.79 Å². The van der Waals surface area contributed by atoms with Gasteiger partial charge in [-0.05, 0) is 56.7 Å². The van der Waals surface area contributed by atoms with Crippen molar-refractivity contribution in [2.24, 2.45) is 5.10 Å². The second-order valence-electron chi connectivity index (χ2n) is 5.01. The lowest BCUT2D eigenvalue weighted by Crippen LogP contribution is -2.22. The maximum Gasteiger partial charge on any atom is 0.344 e. The van der Waals surface area contributed by atoms with E-state index in [2.05, 4.69) is 20.5 Å². The van der Waals surface area contributed by atoms with Crippen LogP contribution in [0.5, 0.6) is 5.75 Å². The summed E-state index contributed by atoms with van der Waals surface area (Å²) in [7, 11) is 0. The lowest BCUT2D eigenvalue weighted by atomic mass is 10.2. The highest BCUT2D eigenvalue weighted by Gasteiger charge is 2.11. The zero-order valence-electron chi connectivity index (χ0n) is 13.1. The van der Waals surface area contributed by atoms with Crippen LogP contribution in [0, 0.1) is 13.8 Å². The number of aryl methyl sites for hydroxylation is 2. The number of carbonyl (C=O) groups is 1. The van der Waals surface area contributed by atoms with E-state index < -0.39 is 12.1 Å². The predicted octanol–water partition coefficient (Wildman–Crippen LogP) is 2.39. The number of hydrazone groups is 1. The molecule has 7 heteroatoms. The molecule has 1 aromatic heterocycles. The number of benzene rings is 1. The number of carboxylic acid groups (broad SMARTS) is 1. The molecule has 0 aliphatic rings. The summed E-state index contributed by atoms with van der Waals surface area (Å²) in [6.07, 6.45) is 0.726. The van der Waals surface area contributed by atoms with E-state index in [1.54, 1.807) is 30.5 Å². The number of hydrogen-bond donors (Lipinski definition) is 2. The minimum atomic E-state index is -1.01. The molecule has 0 aliphatic heterocycles. The molecule has 0 aliphatic carbocycles. The molecule has 7 nitrogen and oxygen atoms in total. The Morgan fingerprint density at radius 3 is 2.43 bits per heavy atom. The van der Waals surface area contributed by atoms with Gasteiger partial charge in [0, 0.05) is 11.4 Å². The third-order valence-corrected chi connectivity index (χ3v) is 2.90. The molecule has 1 aromatic carbocycles. The van der Waals surface area contributed by atoms with Gasteiger partial charge < -0.3 is 9.84 Å². The molecular weight excluding hydrogens is 296 g/mol. The zero-order chi connectivity index (χ0) is 16.8. The van der Waals surface area contributed by atoms with Crippen molar-refractivity contribution in [2.75, 3.05) is 5.43 Å². The number of hydrogen-bond acceptors (Lipinski definition) is 6. The normalized spacial score (nSPS) is 12.1. The standard InChI is InChI=1S/C16H18N4O3/c1-10-8-11(2)19-16(18-10)20-17-9-13-4-6-14(7-5-13)23-12(3)15(21)22/h4-9,12H,1-3H3,(H,21,22)(H,18,19,20). The molecule has 0 saturated carbocycles. The van der Waals surface area contributed by atoms with Gasteiger partial charge in [0.25, 0.3) is 0 Å². The van der Waals surface area contributed by atoms with Gasteiger partial charge in [-0.2, -0.15) is 5.10 Å². The highest BCUT2D eigenvalue weighted by molar-refractivity contribution is 5.80. The van der Waals surface area contributed by atoms with E-state index in [4.69, 9.17) is 9.84 Å². The van der Waals surface area contributed by atoms with Crippen molar-refractivity contribution in [3.8, 4) is 5.75 Å². The number of ether oxygens (including phenoxy) is 1. The molecule has 0 spiro atoms. The first kappa shape index (κ1) is 16.4. The van der Waals surface area contributed by atoms with Crippen molar-refractivity contribution in [3.63, 3.8) is 0 Å². The molecular formula is C16H18N4O3. The lowest BCUT2D eigenvalue weighted by Gasteiger charge is -2.09. The van der Waals surface area contributed by atoms with E-state index in [1.165, 1.54) is 6.92 Å². The minimum absolute atomic E-state index is 0.439. The third-order valence-electron chi connectivity index (χ3n) is 2.90. The van der Waals surface area contributed by atoms with Crippen molar-refractivity contribution in [1.82, 2.24) is 9.97 Å². The molecule has 23 heavy (non-hydrogen) atoms.